The summed E-state index contributed by atoms with van der Waals surface area (Å²) in [6.45, 7) is 0. The van der Waals surface area contributed by atoms with Crippen LogP contribution in [0.3, 0.4) is 0 Å². The number of halogens is 3. The minimum absolute atomic E-state index is 0.284. The van der Waals surface area contributed by atoms with Crippen LogP contribution in [0.2, 0.25) is 0 Å². The first-order chi connectivity index (χ1) is 9.83. The highest BCUT2D eigenvalue weighted by atomic mass is 19.4. The molecule has 0 aliphatic rings. The van der Waals surface area contributed by atoms with Gasteiger partial charge in [0.05, 0.1) is 6.10 Å². The SMILES string of the molecule is Nc1ccc(C(O)Cc2ccc(OC(F)(F)F)cc2)cc1. The fourth-order valence-corrected chi connectivity index (χ4v) is 1.89. The lowest BCUT2D eigenvalue weighted by atomic mass is 10.0. The van der Waals surface area contributed by atoms with E-state index in [1.54, 1.807) is 24.3 Å². The Bertz CT molecular complexity index is 579. The van der Waals surface area contributed by atoms with Gasteiger partial charge in [-0.3, -0.25) is 0 Å². The minimum atomic E-state index is -4.70. The number of hydrogen-bond acceptors (Lipinski definition) is 3. The van der Waals surface area contributed by atoms with E-state index in [1.165, 1.54) is 24.3 Å². The zero-order valence-corrected chi connectivity index (χ0v) is 11.0. The number of aliphatic hydroxyl groups excluding tert-OH is 1. The third kappa shape index (κ3) is 4.68. The molecule has 3 nitrogen and oxygen atoms in total. The van der Waals surface area contributed by atoms with Gasteiger partial charge in [0, 0.05) is 12.1 Å². The Kier molecular flexibility index (Phi) is 4.37. The van der Waals surface area contributed by atoms with Crippen molar-refractivity contribution in [2.24, 2.45) is 0 Å². The summed E-state index contributed by atoms with van der Waals surface area (Å²) in [5.41, 5.74) is 7.55. The molecular weight excluding hydrogens is 283 g/mol. The van der Waals surface area contributed by atoms with E-state index in [9.17, 15) is 18.3 Å². The van der Waals surface area contributed by atoms with Crippen LogP contribution in [0.5, 0.6) is 5.75 Å². The molecule has 0 heterocycles. The van der Waals surface area contributed by atoms with Crippen LogP contribution in [-0.4, -0.2) is 11.5 Å². The topological polar surface area (TPSA) is 55.5 Å². The van der Waals surface area contributed by atoms with Crippen LogP contribution in [0.4, 0.5) is 18.9 Å². The van der Waals surface area contributed by atoms with E-state index in [4.69, 9.17) is 5.73 Å². The summed E-state index contributed by atoms with van der Waals surface area (Å²) in [5, 5.41) is 10.1. The molecule has 0 saturated heterocycles. The molecule has 0 aliphatic heterocycles. The average Bonchev–Trinajstić information content (AvgIpc) is 2.40. The van der Waals surface area contributed by atoms with Crippen molar-refractivity contribution in [3.8, 4) is 5.75 Å². The molecule has 0 aliphatic carbocycles. The summed E-state index contributed by atoms with van der Waals surface area (Å²) in [6.07, 6.45) is -5.17. The van der Waals surface area contributed by atoms with Gasteiger partial charge in [-0.2, -0.15) is 0 Å². The highest BCUT2D eigenvalue weighted by Crippen LogP contribution is 2.24. The molecule has 2 aromatic carbocycles. The normalized spacial score (nSPS) is 13.0. The van der Waals surface area contributed by atoms with Gasteiger partial charge in [-0.05, 0) is 35.4 Å². The van der Waals surface area contributed by atoms with Crippen LogP contribution >= 0.6 is 0 Å². The largest absolute Gasteiger partial charge is 0.573 e. The monoisotopic (exact) mass is 297 g/mol. The maximum absolute atomic E-state index is 12.0. The van der Waals surface area contributed by atoms with Crippen molar-refractivity contribution in [2.45, 2.75) is 18.9 Å². The first-order valence-corrected chi connectivity index (χ1v) is 6.22. The Balaban J connectivity index is 2.01. The number of ether oxygens (including phenoxy) is 1. The molecule has 0 fully saturated rings. The molecule has 3 N–H and O–H groups in total. The van der Waals surface area contributed by atoms with Gasteiger partial charge >= 0.3 is 6.36 Å². The van der Waals surface area contributed by atoms with Gasteiger partial charge in [0.2, 0.25) is 0 Å². The zero-order valence-electron chi connectivity index (χ0n) is 11.0. The second kappa shape index (κ2) is 6.05. The van der Waals surface area contributed by atoms with Crippen molar-refractivity contribution in [3.63, 3.8) is 0 Å². The predicted molar refractivity (Wildman–Crippen MR) is 72.6 cm³/mol. The third-order valence-corrected chi connectivity index (χ3v) is 2.91. The summed E-state index contributed by atoms with van der Waals surface area (Å²) < 4.78 is 39.9. The molecule has 0 saturated carbocycles. The Morgan fingerprint density at radius 2 is 1.57 bits per heavy atom. The van der Waals surface area contributed by atoms with Gasteiger partial charge < -0.3 is 15.6 Å². The second-order valence-electron chi connectivity index (χ2n) is 4.58. The summed E-state index contributed by atoms with van der Waals surface area (Å²) in [4.78, 5) is 0. The lowest BCUT2D eigenvalue weighted by Gasteiger charge is -2.12. The van der Waals surface area contributed by atoms with Crippen molar-refractivity contribution in [1.82, 2.24) is 0 Å². The van der Waals surface area contributed by atoms with Crippen LogP contribution in [0.15, 0.2) is 48.5 Å². The Hall–Kier alpha value is -2.21. The second-order valence-corrected chi connectivity index (χ2v) is 4.58. The molecule has 21 heavy (non-hydrogen) atoms. The van der Waals surface area contributed by atoms with E-state index in [2.05, 4.69) is 4.74 Å². The van der Waals surface area contributed by atoms with Gasteiger partial charge in [0.25, 0.3) is 0 Å². The van der Waals surface area contributed by atoms with Gasteiger partial charge in [-0.15, -0.1) is 13.2 Å². The average molecular weight is 297 g/mol. The van der Waals surface area contributed by atoms with E-state index >= 15 is 0 Å². The molecule has 2 rings (SSSR count). The highest BCUT2D eigenvalue weighted by molar-refractivity contribution is 5.40. The van der Waals surface area contributed by atoms with Crippen molar-refractivity contribution >= 4 is 5.69 Å². The number of anilines is 1. The molecule has 1 atom stereocenters. The molecule has 112 valence electrons. The molecule has 6 heteroatoms. The molecular formula is C15H14F3NO2. The maximum atomic E-state index is 12.0. The smallest absolute Gasteiger partial charge is 0.406 e. The first-order valence-electron chi connectivity index (χ1n) is 6.22. The summed E-state index contributed by atoms with van der Waals surface area (Å²) in [7, 11) is 0. The Labute approximate surface area is 119 Å². The van der Waals surface area contributed by atoms with Crippen molar-refractivity contribution in [2.75, 3.05) is 5.73 Å². The number of aliphatic hydroxyl groups is 1. The van der Waals surface area contributed by atoms with E-state index in [0.717, 1.165) is 0 Å². The number of alkyl halides is 3. The third-order valence-electron chi connectivity index (χ3n) is 2.91. The summed E-state index contributed by atoms with van der Waals surface area (Å²) >= 11 is 0. The fourth-order valence-electron chi connectivity index (χ4n) is 1.89. The molecule has 0 radical (unpaired) electrons. The number of hydrogen-bond donors (Lipinski definition) is 2. The van der Waals surface area contributed by atoms with Crippen LogP contribution in [0.25, 0.3) is 0 Å². The van der Waals surface area contributed by atoms with Crippen molar-refractivity contribution in [1.29, 1.82) is 0 Å². The molecule has 0 spiro atoms. The Morgan fingerprint density at radius 1 is 1.00 bits per heavy atom. The standard InChI is InChI=1S/C15H14F3NO2/c16-15(17,18)21-13-7-1-10(2-8-13)9-14(20)11-3-5-12(19)6-4-11/h1-8,14,20H,9,19H2. The molecule has 0 amide bonds. The number of benzene rings is 2. The summed E-state index contributed by atoms with van der Waals surface area (Å²) in [5.74, 6) is -0.284. The summed E-state index contributed by atoms with van der Waals surface area (Å²) in [6, 6.07) is 12.2. The van der Waals surface area contributed by atoms with Crippen molar-refractivity contribution < 1.29 is 23.0 Å². The first kappa shape index (κ1) is 15.2. The van der Waals surface area contributed by atoms with E-state index in [0.29, 0.717) is 16.8 Å². The number of rotatable bonds is 4. The van der Waals surface area contributed by atoms with Crippen molar-refractivity contribution in [3.05, 3.63) is 59.7 Å². The highest BCUT2D eigenvalue weighted by Gasteiger charge is 2.30. The zero-order chi connectivity index (χ0) is 15.5. The van der Waals surface area contributed by atoms with Gasteiger partial charge in [-0.1, -0.05) is 24.3 Å². The number of nitrogen functional groups attached to an aromatic ring is 1. The van der Waals surface area contributed by atoms with E-state index in [-0.39, 0.29) is 12.2 Å². The van der Waals surface area contributed by atoms with E-state index < -0.39 is 12.5 Å². The molecule has 0 bridgehead atoms. The van der Waals surface area contributed by atoms with Gasteiger partial charge in [-0.25, -0.2) is 0 Å². The maximum Gasteiger partial charge on any atom is 0.573 e. The number of nitrogens with two attached hydrogens (primary N) is 1. The molecule has 1 unspecified atom stereocenters. The Morgan fingerprint density at radius 3 is 2.10 bits per heavy atom. The van der Waals surface area contributed by atoms with E-state index in [1.807, 2.05) is 0 Å². The predicted octanol–water partition coefficient (Wildman–Crippen LogP) is 3.44. The lowest BCUT2D eigenvalue weighted by molar-refractivity contribution is -0.274. The molecule has 2 aromatic rings. The quantitative estimate of drug-likeness (QED) is 0.850. The minimum Gasteiger partial charge on any atom is -0.406 e. The van der Waals surface area contributed by atoms with Crippen LogP contribution in [0.1, 0.15) is 17.2 Å². The fraction of sp³-hybridized carbons (Fsp3) is 0.200. The lowest BCUT2D eigenvalue weighted by Crippen LogP contribution is -2.17. The molecule has 0 aromatic heterocycles. The van der Waals surface area contributed by atoms with Gasteiger partial charge in [0.15, 0.2) is 0 Å². The van der Waals surface area contributed by atoms with Gasteiger partial charge in [0.1, 0.15) is 5.75 Å². The van der Waals surface area contributed by atoms with Crippen LogP contribution in [-0.2, 0) is 6.42 Å². The van der Waals surface area contributed by atoms with Crippen LogP contribution < -0.4 is 10.5 Å². The van der Waals surface area contributed by atoms with Crippen LogP contribution in [0, 0.1) is 0 Å².